The predicted molar refractivity (Wildman–Crippen MR) is 70.4 cm³/mol. The summed E-state index contributed by atoms with van der Waals surface area (Å²) in [7, 11) is 0. The molecule has 0 radical (unpaired) electrons. The van der Waals surface area contributed by atoms with Gasteiger partial charge in [-0.05, 0) is 42.4 Å². The summed E-state index contributed by atoms with van der Waals surface area (Å²) in [6, 6.07) is 4.41. The van der Waals surface area contributed by atoms with Crippen LogP contribution in [0.4, 0.5) is 4.39 Å². The molecule has 1 aliphatic rings. The van der Waals surface area contributed by atoms with E-state index in [1.165, 1.54) is 12.1 Å². The monoisotopic (exact) mass is 272 g/mol. The molecule has 0 unspecified atom stereocenters. The standard InChI is InChI=1S/C13H14ClFOS/c14-13-10(2-1-3-11(13)15)12(16)8-9-4-6-17-7-5-9/h1-3,9H,4-8H2. The van der Waals surface area contributed by atoms with Crippen molar-refractivity contribution in [3.63, 3.8) is 0 Å². The normalized spacial score (nSPS) is 17.1. The molecule has 0 amide bonds. The fraction of sp³-hybridized carbons (Fsp3) is 0.462. The van der Waals surface area contributed by atoms with Crippen LogP contribution >= 0.6 is 23.4 Å². The zero-order chi connectivity index (χ0) is 12.3. The smallest absolute Gasteiger partial charge is 0.164 e. The van der Waals surface area contributed by atoms with Crippen LogP contribution in [0, 0.1) is 11.7 Å². The van der Waals surface area contributed by atoms with Crippen molar-refractivity contribution < 1.29 is 9.18 Å². The average Bonchev–Trinajstić information content (AvgIpc) is 2.34. The molecule has 0 bridgehead atoms. The number of carbonyl (C=O) groups excluding carboxylic acids is 1. The van der Waals surface area contributed by atoms with Crippen molar-refractivity contribution in [3.8, 4) is 0 Å². The Balaban J connectivity index is 2.06. The van der Waals surface area contributed by atoms with E-state index in [1.807, 2.05) is 11.8 Å². The molecule has 1 aromatic rings. The van der Waals surface area contributed by atoms with Crippen LogP contribution < -0.4 is 0 Å². The molecule has 0 aliphatic carbocycles. The van der Waals surface area contributed by atoms with Gasteiger partial charge in [-0.2, -0.15) is 11.8 Å². The van der Waals surface area contributed by atoms with Gasteiger partial charge in [0.2, 0.25) is 0 Å². The summed E-state index contributed by atoms with van der Waals surface area (Å²) >= 11 is 7.74. The Hall–Kier alpha value is -0.540. The lowest BCUT2D eigenvalue weighted by Crippen LogP contribution is -2.15. The van der Waals surface area contributed by atoms with Crippen LogP contribution in [0.2, 0.25) is 5.02 Å². The molecular formula is C13H14ClFOS. The van der Waals surface area contributed by atoms with Gasteiger partial charge in [0, 0.05) is 12.0 Å². The van der Waals surface area contributed by atoms with Crippen molar-refractivity contribution in [1.82, 2.24) is 0 Å². The molecule has 2 rings (SSSR count). The van der Waals surface area contributed by atoms with E-state index < -0.39 is 5.82 Å². The summed E-state index contributed by atoms with van der Waals surface area (Å²) < 4.78 is 13.2. The molecule has 1 saturated heterocycles. The zero-order valence-electron chi connectivity index (χ0n) is 9.42. The molecule has 4 heteroatoms. The third-order valence-electron chi connectivity index (χ3n) is 3.07. The number of Topliss-reactive ketones (excluding diaryl/α,β-unsaturated/α-hetero) is 1. The van der Waals surface area contributed by atoms with Crippen LogP contribution in [-0.4, -0.2) is 17.3 Å². The largest absolute Gasteiger partial charge is 0.294 e. The second kappa shape index (κ2) is 5.87. The molecule has 1 aliphatic heterocycles. The lowest BCUT2D eigenvalue weighted by Gasteiger charge is -2.20. The third kappa shape index (κ3) is 3.23. The molecule has 0 saturated carbocycles. The van der Waals surface area contributed by atoms with E-state index in [1.54, 1.807) is 6.07 Å². The van der Waals surface area contributed by atoms with Gasteiger partial charge in [0.05, 0.1) is 5.02 Å². The molecule has 1 fully saturated rings. The fourth-order valence-corrected chi connectivity index (χ4v) is 3.48. The predicted octanol–water partition coefficient (Wildman–Crippen LogP) is 4.20. The molecule has 0 spiro atoms. The number of rotatable bonds is 3. The van der Waals surface area contributed by atoms with Crippen LogP contribution in [-0.2, 0) is 0 Å². The first-order chi connectivity index (χ1) is 8.18. The van der Waals surface area contributed by atoms with Crippen molar-refractivity contribution in [3.05, 3.63) is 34.6 Å². The Labute approximate surface area is 110 Å². The van der Waals surface area contributed by atoms with E-state index in [4.69, 9.17) is 11.6 Å². The molecular weight excluding hydrogens is 259 g/mol. The van der Waals surface area contributed by atoms with Crippen LogP contribution in [0.25, 0.3) is 0 Å². The molecule has 0 atom stereocenters. The molecule has 0 aromatic heterocycles. The van der Waals surface area contributed by atoms with Gasteiger partial charge in [-0.3, -0.25) is 4.79 Å². The highest BCUT2D eigenvalue weighted by atomic mass is 35.5. The van der Waals surface area contributed by atoms with Gasteiger partial charge >= 0.3 is 0 Å². The number of thioether (sulfide) groups is 1. The number of hydrogen-bond donors (Lipinski definition) is 0. The molecule has 0 N–H and O–H groups in total. The second-order valence-electron chi connectivity index (χ2n) is 4.28. The summed E-state index contributed by atoms with van der Waals surface area (Å²) in [5.74, 6) is 2.12. The zero-order valence-corrected chi connectivity index (χ0v) is 11.0. The quantitative estimate of drug-likeness (QED) is 0.768. The first-order valence-corrected chi connectivity index (χ1v) is 7.26. The van der Waals surface area contributed by atoms with Crippen molar-refractivity contribution in [2.24, 2.45) is 5.92 Å². The fourth-order valence-electron chi connectivity index (χ4n) is 2.04. The van der Waals surface area contributed by atoms with Crippen LogP contribution in [0.15, 0.2) is 18.2 Å². The highest BCUT2D eigenvalue weighted by Crippen LogP contribution is 2.28. The highest BCUT2D eigenvalue weighted by Gasteiger charge is 2.20. The van der Waals surface area contributed by atoms with E-state index in [9.17, 15) is 9.18 Å². The summed E-state index contributed by atoms with van der Waals surface area (Å²) in [5, 5.41) is -0.0392. The van der Waals surface area contributed by atoms with Crippen LogP contribution in [0.5, 0.6) is 0 Å². The van der Waals surface area contributed by atoms with E-state index >= 15 is 0 Å². The second-order valence-corrected chi connectivity index (χ2v) is 5.89. The first kappa shape index (κ1) is 12.9. The van der Waals surface area contributed by atoms with E-state index in [-0.39, 0.29) is 10.8 Å². The summed E-state index contributed by atoms with van der Waals surface area (Å²) in [6.45, 7) is 0. The van der Waals surface area contributed by atoms with Crippen LogP contribution in [0.1, 0.15) is 29.6 Å². The number of hydrogen-bond acceptors (Lipinski definition) is 2. The lowest BCUT2D eigenvalue weighted by molar-refractivity contribution is 0.0958. The minimum Gasteiger partial charge on any atom is -0.294 e. The molecule has 1 nitrogen and oxygen atoms in total. The van der Waals surface area contributed by atoms with Gasteiger partial charge in [-0.25, -0.2) is 4.39 Å². The van der Waals surface area contributed by atoms with Crippen molar-refractivity contribution in [2.75, 3.05) is 11.5 Å². The van der Waals surface area contributed by atoms with E-state index in [2.05, 4.69) is 0 Å². The van der Waals surface area contributed by atoms with Gasteiger partial charge in [-0.15, -0.1) is 0 Å². The minimum absolute atomic E-state index is 0.0357. The van der Waals surface area contributed by atoms with E-state index in [0.717, 1.165) is 24.3 Å². The Morgan fingerprint density at radius 3 is 2.82 bits per heavy atom. The maximum Gasteiger partial charge on any atom is 0.164 e. The average molecular weight is 273 g/mol. The lowest BCUT2D eigenvalue weighted by atomic mass is 9.93. The van der Waals surface area contributed by atoms with Crippen molar-refractivity contribution >= 4 is 29.1 Å². The molecule has 1 aromatic carbocycles. The maximum absolute atomic E-state index is 13.2. The number of carbonyl (C=O) groups is 1. The van der Waals surface area contributed by atoms with Gasteiger partial charge in [-0.1, -0.05) is 17.7 Å². The Morgan fingerprint density at radius 2 is 2.12 bits per heavy atom. The topological polar surface area (TPSA) is 17.1 Å². The summed E-state index contributed by atoms with van der Waals surface area (Å²) in [6.07, 6.45) is 2.64. The first-order valence-electron chi connectivity index (χ1n) is 5.73. The van der Waals surface area contributed by atoms with Gasteiger partial charge in [0.25, 0.3) is 0 Å². The number of ketones is 1. The molecule has 92 valence electrons. The minimum atomic E-state index is -0.517. The summed E-state index contributed by atoms with van der Waals surface area (Å²) in [5.41, 5.74) is 0.324. The van der Waals surface area contributed by atoms with Gasteiger partial charge < -0.3 is 0 Å². The molecule has 17 heavy (non-hydrogen) atoms. The van der Waals surface area contributed by atoms with Gasteiger partial charge in [0.1, 0.15) is 5.82 Å². The van der Waals surface area contributed by atoms with Gasteiger partial charge in [0.15, 0.2) is 5.78 Å². The van der Waals surface area contributed by atoms with Crippen molar-refractivity contribution in [2.45, 2.75) is 19.3 Å². The summed E-state index contributed by atoms with van der Waals surface area (Å²) in [4.78, 5) is 12.0. The Bertz CT molecular complexity index is 416. The van der Waals surface area contributed by atoms with E-state index in [0.29, 0.717) is 17.9 Å². The van der Waals surface area contributed by atoms with Crippen LogP contribution in [0.3, 0.4) is 0 Å². The highest BCUT2D eigenvalue weighted by molar-refractivity contribution is 7.99. The SMILES string of the molecule is O=C(CC1CCSCC1)c1cccc(F)c1Cl. The Morgan fingerprint density at radius 1 is 1.41 bits per heavy atom. The Kier molecular flexibility index (Phi) is 4.46. The third-order valence-corrected chi connectivity index (χ3v) is 4.50. The maximum atomic E-state index is 13.2. The van der Waals surface area contributed by atoms with Crippen molar-refractivity contribution in [1.29, 1.82) is 0 Å². The number of halogens is 2. The molecule has 1 heterocycles. The number of benzene rings is 1.